The van der Waals surface area contributed by atoms with Crippen LogP contribution < -0.4 is 21.1 Å². The van der Waals surface area contributed by atoms with Gasteiger partial charge < -0.3 is 31.1 Å². The van der Waals surface area contributed by atoms with Gasteiger partial charge in [-0.1, -0.05) is 0 Å². The molecule has 0 spiro atoms. The second-order valence-corrected chi connectivity index (χ2v) is 8.72. The number of carbonyl (C=O) groups excluding carboxylic acids is 1. The SMILES string of the molecule is CCOc1ccc2[nH]cc(CCNc3nc(CC(N)=O)cc(Nc4ccc5[nH]c(C)cc5c4)n3)c2c1. The lowest BCUT2D eigenvalue weighted by Crippen LogP contribution is -2.16. The Morgan fingerprint density at radius 2 is 1.94 bits per heavy atom. The molecule has 0 saturated heterocycles. The highest BCUT2D eigenvalue weighted by molar-refractivity contribution is 5.85. The lowest BCUT2D eigenvalue weighted by atomic mass is 10.1. The average Bonchev–Trinajstić information content (AvgIpc) is 3.40. The van der Waals surface area contributed by atoms with E-state index in [9.17, 15) is 4.79 Å². The number of ether oxygens (including phenoxy) is 1. The number of nitrogens with two attached hydrogens (primary N) is 1. The van der Waals surface area contributed by atoms with Crippen molar-refractivity contribution in [3.63, 3.8) is 0 Å². The van der Waals surface area contributed by atoms with E-state index < -0.39 is 5.91 Å². The fraction of sp³-hybridized carbons (Fsp3) is 0.222. The number of aromatic nitrogens is 4. The van der Waals surface area contributed by atoms with E-state index in [0.29, 0.717) is 30.6 Å². The lowest BCUT2D eigenvalue weighted by Gasteiger charge is -2.11. The van der Waals surface area contributed by atoms with Crippen LogP contribution >= 0.6 is 0 Å². The van der Waals surface area contributed by atoms with E-state index in [0.717, 1.165) is 45.4 Å². The molecule has 0 unspecified atom stereocenters. The molecule has 0 aliphatic rings. The van der Waals surface area contributed by atoms with Crippen molar-refractivity contribution in [3.8, 4) is 5.75 Å². The molecule has 0 aliphatic carbocycles. The Balaban J connectivity index is 1.33. The number of H-pyrrole nitrogens is 2. The van der Waals surface area contributed by atoms with Crippen molar-refractivity contribution in [2.24, 2.45) is 5.73 Å². The quantitative estimate of drug-likeness (QED) is 0.198. The molecule has 0 atom stereocenters. The van der Waals surface area contributed by atoms with Gasteiger partial charge in [0.05, 0.1) is 18.7 Å². The summed E-state index contributed by atoms with van der Waals surface area (Å²) in [4.78, 5) is 27.3. The van der Waals surface area contributed by atoms with E-state index >= 15 is 0 Å². The maximum Gasteiger partial charge on any atom is 0.224 e. The number of nitrogens with zero attached hydrogens (tertiary/aromatic N) is 2. The number of nitrogens with one attached hydrogen (secondary N) is 4. The van der Waals surface area contributed by atoms with Crippen molar-refractivity contribution >= 4 is 45.2 Å². The van der Waals surface area contributed by atoms with Crippen LogP contribution in [-0.4, -0.2) is 39.0 Å². The standard InChI is InChI=1S/C27H29N7O2/c1-3-36-21-5-7-24-22(14-21)17(15-30-24)8-9-29-27-33-20(12-25(28)35)13-26(34-27)32-19-4-6-23-18(11-19)10-16(2)31-23/h4-7,10-11,13-15,30-31H,3,8-9,12H2,1-2H3,(H2,28,35)(H2,29,32,33,34). The molecule has 0 radical (unpaired) electrons. The molecule has 6 N–H and O–H groups in total. The second-order valence-electron chi connectivity index (χ2n) is 8.72. The maximum absolute atomic E-state index is 11.6. The first kappa shape index (κ1) is 23.2. The van der Waals surface area contributed by atoms with Crippen molar-refractivity contribution in [2.45, 2.75) is 26.7 Å². The molecule has 0 saturated carbocycles. The highest BCUT2D eigenvalue weighted by atomic mass is 16.5. The maximum atomic E-state index is 11.6. The molecule has 2 aromatic carbocycles. The Labute approximate surface area is 208 Å². The van der Waals surface area contributed by atoms with E-state index in [2.05, 4.69) is 48.8 Å². The number of hydrogen-bond donors (Lipinski definition) is 5. The Morgan fingerprint density at radius 1 is 1.08 bits per heavy atom. The topological polar surface area (TPSA) is 134 Å². The number of amides is 1. The molecular weight excluding hydrogens is 454 g/mol. The molecule has 0 aliphatic heterocycles. The number of carbonyl (C=O) groups is 1. The van der Waals surface area contributed by atoms with Gasteiger partial charge in [-0.3, -0.25) is 4.79 Å². The van der Waals surface area contributed by atoms with Crippen molar-refractivity contribution in [2.75, 3.05) is 23.8 Å². The van der Waals surface area contributed by atoms with Crippen LogP contribution in [0.2, 0.25) is 0 Å². The number of anilines is 3. The largest absolute Gasteiger partial charge is 0.494 e. The number of fused-ring (bicyclic) bond motifs is 2. The van der Waals surface area contributed by atoms with Crippen molar-refractivity contribution in [1.29, 1.82) is 0 Å². The highest BCUT2D eigenvalue weighted by Crippen LogP contribution is 2.25. The van der Waals surface area contributed by atoms with E-state index in [1.54, 1.807) is 6.07 Å². The summed E-state index contributed by atoms with van der Waals surface area (Å²) in [6, 6.07) is 15.9. The molecule has 9 heteroatoms. The van der Waals surface area contributed by atoms with Crippen LogP contribution in [0.5, 0.6) is 5.75 Å². The minimum absolute atomic E-state index is 0.0323. The Hall–Kier alpha value is -4.53. The zero-order valence-corrected chi connectivity index (χ0v) is 20.3. The second kappa shape index (κ2) is 9.99. The van der Waals surface area contributed by atoms with Gasteiger partial charge in [0.15, 0.2) is 0 Å². The fourth-order valence-corrected chi connectivity index (χ4v) is 4.34. The van der Waals surface area contributed by atoms with Crippen LogP contribution in [0, 0.1) is 6.92 Å². The summed E-state index contributed by atoms with van der Waals surface area (Å²) < 4.78 is 5.65. The van der Waals surface area contributed by atoms with Gasteiger partial charge in [0.1, 0.15) is 11.6 Å². The van der Waals surface area contributed by atoms with Crippen LogP contribution in [0.3, 0.4) is 0 Å². The number of aryl methyl sites for hydroxylation is 1. The number of rotatable bonds is 10. The first-order valence-corrected chi connectivity index (χ1v) is 12.0. The van der Waals surface area contributed by atoms with Crippen LogP contribution in [-0.2, 0) is 17.6 Å². The van der Waals surface area contributed by atoms with Crippen LogP contribution in [0.15, 0.2) is 54.7 Å². The Morgan fingerprint density at radius 3 is 2.78 bits per heavy atom. The Bertz CT molecular complexity index is 1540. The summed E-state index contributed by atoms with van der Waals surface area (Å²) in [5.74, 6) is 1.43. The summed E-state index contributed by atoms with van der Waals surface area (Å²) in [6.45, 7) is 5.24. The first-order valence-electron chi connectivity index (χ1n) is 12.0. The third-order valence-corrected chi connectivity index (χ3v) is 5.89. The van der Waals surface area contributed by atoms with E-state index in [-0.39, 0.29) is 6.42 Å². The molecule has 1 amide bonds. The minimum atomic E-state index is -0.446. The van der Waals surface area contributed by atoms with Gasteiger partial charge in [0.25, 0.3) is 0 Å². The van der Waals surface area contributed by atoms with Gasteiger partial charge in [0, 0.05) is 52.0 Å². The summed E-state index contributed by atoms with van der Waals surface area (Å²) in [6.07, 6.45) is 2.80. The molecule has 3 heterocycles. The van der Waals surface area contributed by atoms with E-state index in [1.165, 1.54) is 5.56 Å². The minimum Gasteiger partial charge on any atom is -0.494 e. The van der Waals surface area contributed by atoms with Crippen LogP contribution in [0.1, 0.15) is 23.9 Å². The van der Waals surface area contributed by atoms with E-state index in [1.807, 2.05) is 44.3 Å². The average molecular weight is 484 g/mol. The fourth-order valence-electron chi connectivity index (χ4n) is 4.34. The monoisotopic (exact) mass is 483 g/mol. The smallest absolute Gasteiger partial charge is 0.224 e. The van der Waals surface area contributed by atoms with Crippen molar-refractivity contribution in [3.05, 3.63) is 71.7 Å². The van der Waals surface area contributed by atoms with Crippen LogP contribution in [0.4, 0.5) is 17.5 Å². The number of aromatic amines is 2. The van der Waals surface area contributed by atoms with Gasteiger partial charge in [0.2, 0.25) is 11.9 Å². The van der Waals surface area contributed by atoms with Crippen molar-refractivity contribution < 1.29 is 9.53 Å². The predicted molar refractivity (Wildman–Crippen MR) is 143 cm³/mol. The summed E-state index contributed by atoms with van der Waals surface area (Å²) in [5, 5.41) is 8.86. The first-order chi connectivity index (χ1) is 17.5. The molecule has 9 nitrogen and oxygen atoms in total. The molecule has 5 aromatic rings. The molecular formula is C27H29N7O2. The van der Waals surface area contributed by atoms with Gasteiger partial charge in [-0.15, -0.1) is 0 Å². The summed E-state index contributed by atoms with van der Waals surface area (Å²) in [5.41, 5.74) is 11.3. The molecule has 0 fully saturated rings. The van der Waals surface area contributed by atoms with Crippen molar-refractivity contribution in [1.82, 2.24) is 19.9 Å². The third-order valence-electron chi connectivity index (χ3n) is 5.89. The number of primary amides is 1. The highest BCUT2D eigenvalue weighted by Gasteiger charge is 2.10. The van der Waals surface area contributed by atoms with E-state index in [4.69, 9.17) is 10.5 Å². The normalized spacial score (nSPS) is 11.2. The Kier molecular flexibility index (Phi) is 6.44. The lowest BCUT2D eigenvalue weighted by molar-refractivity contribution is -0.117. The third kappa shape index (κ3) is 5.25. The van der Waals surface area contributed by atoms with Gasteiger partial charge in [-0.05, 0) is 68.3 Å². The zero-order chi connectivity index (χ0) is 25.1. The number of benzene rings is 2. The summed E-state index contributed by atoms with van der Waals surface area (Å²) in [7, 11) is 0. The number of hydrogen-bond acceptors (Lipinski definition) is 6. The van der Waals surface area contributed by atoms with Crippen LogP contribution in [0.25, 0.3) is 21.8 Å². The molecule has 0 bridgehead atoms. The molecule has 5 rings (SSSR count). The summed E-state index contributed by atoms with van der Waals surface area (Å²) >= 11 is 0. The van der Waals surface area contributed by atoms with Gasteiger partial charge in [-0.25, -0.2) is 4.98 Å². The zero-order valence-electron chi connectivity index (χ0n) is 20.3. The molecule has 3 aromatic heterocycles. The molecule has 36 heavy (non-hydrogen) atoms. The van der Waals surface area contributed by atoms with Gasteiger partial charge in [-0.2, -0.15) is 4.98 Å². The van der Waals surface area contributed by atoms with Gasteiger partial charge >= 0.3 is 0 Å². The molecule has 184 valence electrons. The predicted octanol–water partition coefficient (Wildman–Crippen LogP) is 4.57.